The maximum absolute atomic E-state index is 10.1. The first-order valence-corrected chi connectivity index (χ1v) is 5.84. The molecule has 0 aliphatic carbocycles. The number of aromatic nitrogens is 1. The van der Waals surface area contributed by atoms with E-state index < -0.39 is 6.10 Å². The summed E-state index contributed by atoms with van der Waals surface area (Å²) < 4.78 is 0. The van der Waals surface area contributed by atoms with Crippen LogP contribution in [0.5, 0.6) is 0 Å². The molecule has 0 bridgehead atoms. The normalized spacial score (nSPS) is 12.6. The Morgan fingerprint density at radius 2 is 2.24 bits per heavy atom. The van der Waals surface area contributed by atoms with Gasteiger partial charge in [-0.15, -0.1) is 6.58 Å². The van der Waals surface area contributed by atoms with Gasteiger partial charge in [-0.3, -0.25) is 4.98 Å². The van der Waals surface area contributed by atoms with Gasteiger partial charge < -0.3 is 5.11 Å². The predicted octanol–water partition coefficient (Wildman–Crippen LogP) is 3.62. The summed E-state index contributed by atoms with van der Waals surface area (Å²) in [5, 5.41) is 11.1. The molecule has 2 aromatic rings. The highest BCUT2D eigenvalue weighted by Gasteiger charge is 2.08. The SMILES string of the molecule is C=C(C)CCC(O)c1ccc2ncccc2c1. The Bertz CT molecular complexity index is 533. The highest BCUT2D eigenvalue weighted by atomic mass is 16.3. The maximum atomic E-state index is 10.1. The van der Waals surface area contributed by atoms with Crippen molar-refractivity contribution in [2.75, 3.05) is 0 Å². The molecule has 88 valence electrons. The molecular formula is C15H17NO. The Balaban J connectivity index is 2.20. The van der Waals surface area contributed by atoms with E-state index in [4.69, 9.17) is 0 Å². The quantitative estimate of drug-likeness (QED) is 0.809. The zero-order chi connectivity index (χ0) is 12.3. The molecule has 1 atom stereocenters. The minimum Gasteiger partial charge on any atom is -0.388 e. The molecule has 2 nitrogen and oxygen atoms in total. The number of hydrogen-bond donors (Lipinski definition) is 1. The van der Waals surface area contributed by atoms with Crippen LogP contribution >= 0.6 is 0 Å². The Kier molecular flexibility index (Phi) is 3.55. The van der Waals surface area contributed by atoms with E-state index in [1.165, 1.54) is 0 Å². The molecule has 1 N–H and O–H groups in total. The second kappa shape index (κ2) is 5.11. The molecule has 0 aliphatic heterocycles. The molecule has 1 aromatic heterocycles. The van der Waals surface area contributed by atoms with Gasteiger partial charge in [-0.25, -0.2) is 0 Å². The van der Waals surface area contributed by atoms with Crippen LogP contribution in [0.2, 0.25) is 0 Å². The van der Waals surface area contributed by atoms with Crippen LogP contribution in [0, 0.1) is 0 Å². The van der Waals surface area contributed by atoms with Crippen molar-refractivity contribution in [3.63, 3.8) is 0 Å². The van der Waals surface area contributed by atoms with Crippen LogP contribution in [0.4, 0.5) is 0 Å². The number of allylic oxidation sites excluding steroid dienone is 1. The van der Waals surface area contributed by atoms with E-state index in [0.29, 0.717) is 0 Å². The van der Waals surface area contributed by atoms with Crippen molar-refractivity contribution in [3.8, 4) is 0 Å². The molecule has 0 saturated heterocycles. The summed E-state index contributed by atoms with van der Waals surface area (Å²) in [4.78, 5) is 4.26. The molecule has 17 heavy (non-hydrogen) atoms. The summed E-state index contributed by atoms with van der Waals surface area (Å²) in [5.41, 5.74) is 3.02. The Morgan fingerprint density at radius 1 is 1.41 bits per heavy atom. The molecule has 1 heterocycles. The molecule has 1 unspecified atom stereocenters. The third-order valence-electron chi connectivity index (χ3n) is 2.86. The Morgan fingerprint density at radius 3 is 3.00 bits per heavy atom. The van der Waals surface area contributed by atoms with Crippen molar-refractivity contribution >= 4 is 10.9 Å². The van der Waals surface area contributed by atoms with Gasteiger partial charge in [0.25, 0.3) is 0 Å². The Labute approximate surface area is 102 Å². The maximum Gasteiger partial charge on any atom is 0.0793 e. The molecule has 0 amide bonds. The molecule has 0 aliphatic rings. The van der Waals surface area contributed by atoms with Crippen molar-refractivity contribution in [1.29, 1.82) is 0 Å². The lowest BCUT2D eigenvalue weighted by Crippen LogP contribution is -1.97. The van der Waals surface area contributed by atoms with E-state index in [1.807, 2.05) is 37.3 Å². The fourth-order valence-electron chi connectivity index (χ4n) is 1.85. The van der Waals surface area contributed by atoms with E-state index in [1.54, 1.807) is 6.20 Å². The number of aliphatic hydroxyl groups is 1. The van der Waals surface area contributed by atoms with Crippen molar-refractivity contribution < 1.29 is 5.11 Å². The summed E-state index contributed by atoms with van der Waals surface area (Å²) in [6.07, 6.45) is 2.93. The molecule has 0 radical (unpaired) electrons. The van der Waals surface area contributed by atoms with E-state index in [9.17, 15) is 5.11 Å². The van der Waals surface area contributed by atoms with Crippen LogP contribution in [-0.4, -0.2) is 10.1 Å². The van der Waals surface area contributed by atoms with Crippen LogP contribution in [0.25, 0.3) is 10.9 Å². The van der Waals surface area contributed by atoms with E-state index in [-0.39, 0.29) is 0 Å². The number of pyridine rings is 1. The number of rotatable bonds is 4. The largest absolute Gasteiger partial charge is 0.388 e. The molecule has 2 heteroatoms. The monoisotopic (exact) mass is 227 g/mol. The van der Waals surface area contributed by atoms with Gasteiger partial charge in [-0.2, -0.15) is 0 Å². The second-order valence-corrected chi connectivity index (χ2v) is 4.47. The summed E-state index contributed by atoms with van der Waals surface area (Å²) >= 11 is 0. The lowest BCUT2D eigenvalue weighted by molar-refractivity contribution is 0.168. The molecular weight excluding hydrogens is 210 g/mol. The fraction of sp³-hybridized carbons (Fsp3) is 0.267. The van der Waals surface area contributed by atoms with Crippen LogP contribution in [0.1, 0.15) is 31.4 Å². The number of aliphatic hydroxyl groups excluding tert-OH is 1. The summed E-state index contributed by atoms with van der Waals surface area (Å²) in [6.45, 7) is 5.83. The number of hydrogen-bond acceptors (Lipinski definition) is 2. The van der Waals surface area contributed by atoms with Gasteiger partial charge in [0, 0.05) is 11.6 Å². The van der Waals surface area contributed by atoms with Gasteiger partial charge in [0.2, 0.25) is 0 Å². The first-order chi connectivity index (χ1) is 8.16. The van der Waals surface area contributed by atoms with Crippen molar-refractivity contribution in [3.05, 3.63) is 54.2 Å². The van der Waals surface area contributed by atoms with Gasteiger partial charge in [-0.05, 0) is 43.5 Å². The van der Waals surface area contributed by atoms with Crippen LogP contribution in [0.15, 0.2) is 48.7 Å². The van der Waals surface area contributed by atoms with Crippen LogP contribution in [0.3, 0.4) is 0 Å². The second-order valence-electron chi connectivity index (χ2n) is 4.47. The fourth-order valence-corrected chi connectivity index (χ4v) is 1.85. The molecule has 0 fully saturated rings. The van der Waals surface area contributed by atoms with E-state index in [2.05, 4.69) is 11.6 Å². The van der Waals surface area contributed by atoms with Crippen molar-refractivity contribution in [2.24, 2.45) is 0 Å². The minimum absolute atomic E-state index is 0.420. The topological polar surface area (TPSA) is 33.1 Å². The first-order valence-electron chi connectivity index (χ1n) is 5.84. The predicted molar refractivity (Wildman–Crippen MR) is 70.8 cm³/mol. The number of nitrogens with zero attached hydrogens (tertiary/aromatic N) is 1. The zero-order valence-electron chi connectivity index (χ0n) is 10.1. The average Bonchev–Trinajstić information content (AvgIpc) is 2.35. The standard InChI is InChI=1S/C15H17NO/c1-11(2)5-8-15(17)13-6-7-14-12(10-13)4-3-9-16-14/h3-4,6-7,9-10,15,17H,1,5,8H2,2H3. The van der Waals surface area contributed by atoms with Crippen molar-refractivity contribution in [1.82, 2.24) is 4.98 Å². The third kappa shape index (κ3) is 2.92. The van der Waals surface area contributed by atoms with Crippen molar-refractivity contribution in [2.45, 2.75) is 25.9 Å². The van der Waals surface area contributed by atoms with Gasteiger partial charge in [0.1, 0.15) is 0 Å². The average molecular weight is 227 g/mol. The first kappa shape index (κ1) is 11.8. The van der Waals surface area contributed by atoms with Gasteiger partial charge in [0.05, 0.1) is 11.6 Å². The summed E-state index contributed by atoms with van der Waals surface area (Å²) in [6, 6.07) is 9.82. The van der Waals surface area contributed by atoms with E-state index >= 15 is 0 Å². The zero-order valence-corrected chi connectivity index (χ0v) is 10.1. The molecule has 0 spiro atoms. The summed E-state index contributed by atoms with van der Waals surface area (Å²) in [7, 11) is 0. The van der Waals surface area contributed by atoms with Gasteiger partial charge in [0.15, 0.2) is 0 Å². The lowest BCUT2D eigenvalue weighted by Gasteiger charge is -2.11. The van der Waals surface area contributed by atoms with Crippen LogP contribution < -0.4 is 0 Å². The van der Waals surface area contributed by atoms with Crippen LogP contribution in [-0.2, 0) is 0 Å². The van der Waals surface area contributed by atoms with E-state index in [0.717, 1.165) is 34.9 Å². The highest BCUT2D eigenvalue weighted by Crippen LogP contribution is 2.23. The highest BCUT2D eigenvalue weighted by molar-refractivity contribution is 5.78. The molecule has 1 aromatic carbocycles. The smallest absolute Gasteiger partial charge is 0.0793 e. The molecule has 2 rings (SSSR count). The molecule has 0 saturated carbocycles. The minimum atomic E-state index is -0.420. The van der Waals surface area contributed by atoms with Gasteiger partial charge in [-0.1, -0.05) is 17.7 Å². The third-order valence-corrected chi connectivity index (χ3v) is 2.86. The summed E-state index contributed by atoms with van der Waals surface area (Å²) in [5.74, 6) is 0. The number of benzene rings is 1. The number of fused-ring (bicyclic) bond motifs is 1. The lowest BCUT2D eigenvalue weighted by atomic mass is 10.0. The van der Waals surface area contributed by atoms with Gasteiger partial charge >= 0.3 is 0 Å². The Hall–Kier alpha value is -1.67.